The maximum Gasteiger partial charge on any atom is 0.475 e. The minimum absolute atomic E-state index is 0.151. The average molecular weight is 246 g/mol. The number of carboxylic acids is 1. The highest BCUT2D eigenvalue weighted by molar-refractivity contribution is 6.43. The minimum atomic E-state index is -1.70. The number of carbonyl (C=O) groups excluding carboxylic acids is 1. The molecule has 0 fully saturated rings. The van der Waals surface area contributed by atoms with Crippen LogP contribution in [-0.2, 0) is 9.59 Å². The van der Waals surface area contributed by atoms with Crippen LogP contribution in [0.1, 0.15) is 26.7 Å². The van der Waals surface area contributed by atoms with E-state index in [1.165, 1.54) is 0 Å². The van der Waals surface area contributed by atoms with Crippen LogP contribution in [0.4, 0.5) is 0 Å². The van der Waals surface area contributed by atoms with Crippen molar-refractivity contribution < 1.29 is 24.7 Å². The summed E-state index contributed by atoms with van der Waals surface area (Å²) in [5.41, 5.74) is 5.34. The second-order valence-electron chi connectivity index (χ2n) is 4.36. The van der Waals surface area contributed by atoms with Gasteiger partial charge in [-0.2, -0.15) is 0 Å². The Morgan fingerprint density at radius 2 is 1.88 bits per heavy atom. The molecule has 0 saturated heterocycles. The van der Waals surface area contributed by atoms with Gasteiger partial charge in [-0.1, -0.05) is 13.8 Å². The normalized spacial score (nSPS) is 14.2. The van der Waals surface area contributed by atoms with E-state index in [1.807, 2.05) is 13.8 Å². The SMILES string of the molecule is CC(C)C[C@H](NC(=O)[C@@H](N)CC(=O)O)B(O)O. The lowest BCUT2D eigenvalue weighted by molar-refractivity contribution is -0.139. The van der Waals surface area contributed by atoms with Crippen LogP contribution in [-0.4, -0.2) is 46.1 Å². The number of hydrogen-bond donors (Lipinski definition) is 5. The summed E-state index contributed by atoms with van der Waals surface area (Å²) in [6.07, 6.45) is -0.134. The fourth-order valence-corrected chi connectivity index (χ4v) is 1.33. The Labute approximate surface area is 100 Å². The number of amides is 1. The van der Waals surface area contributed by atoms with Crippen LogP contribution in [0, 0.1) is 5.92 Å². The molecule has 1 amide bonds. The van der Waals surface area contributed by atoms with Crippen molar-refractivity contribution >= 4 is 19.0 Å². The van der Waals surface area contributed by atoms with Gasteiger partial charge in [0.1, 0.15) is 0 Å². The monoisotopic (exact) mass is 246 g/mol. The molecule has 0 aromatic rings. The number of aliphatic carboxylic acids is 1. The van der Waals surface area contributed by atoms with E-state index >= 15 is 0 Å². The quantitative estimate of drug-likeness (QED) is 0.341. The predicted octanol–water partition coefficient (Wildman–Crippen LogP) is -1.67. The van der Waals surface area contributed by atoms with Crippen molar-refractivity contribution in [1.82, 2.24) is 5.32 Å². The summed E-state index contributed by atoms with van der Waals surface area (Å²) in [5, 5.41) is 28.9. The summed E-state index contributed by atoms with van der Waals surface area (Å²) in [4.78, 5) is 21.8. The minimum Gasteiger partial charge on any atom is -0.481 e. The first-order valence-electron chi connectivity index (χ1n) is 5.38. The standard InChI is InChI=1S/C9H19BN2O5/c1-5(2)3-7(10(16)17)12-9(15)6(11)4-8(13)14/h5-7,16-17H,3-4,11H2,1-2H3,(H,12,15)(H,13,14)/t6-,7-/m0/s1. The second kappa shape index (κ2) is 7.26. The van der Waals surface area contributed by atoms with Crippen LogP contribution < -0.4 is 11.1 Å². The third kappa shape index (κ3) is 6.93. The van der Waals surface area contributed by atoms with E-state index in [4.69, 9.17) is 20.9 Å². The molecule has 6 N–H and O–H groups in total. The lowest BCUT2D eigenvalue weighted by Gasteiger charge is -2.21. The molecule has 0 heterocycles. The predicted molar refractivity (Wildman–Crippen MR) is 61.8 cm³/mol. The number of carboxylic acid groups (broad SMARTS) is 1. The summed E-state index contributed by atoms with van der Waals surface area (Å²) in [7, 11) is -1.70. The fraction of sp³-hybridized carbons (Fsp3) is 0.778. The van der Waals surface area contributed by atoms with E-state index in [1.54, 1.807) is 0 Å². The smallest absolute Gasteiger partial charge is 0.475 e. The Hall–Kier alpha value is -1.12. The van der Waals surface area contributed by atoms with Crippen molar-refractivity contribution in [1.29, 1.82) is 0 Å². The van der Waals surface area contributed by atoms with E-state index in [0.29, 0.717) is 6.42 Å². The molecule has 0 spiro atoms. The van der Waals surface area contributed by atoms with Crippen molar-refractivity contribution in [3.8, 4) is 0 Å². The van der Waals surface area contributed by atoms with Gasteiger partial charge >= 0.3 is 13.1 Å². The molecule has 0 rings (SSSR count). The molecule has 17 heavy (non-hydrogen) atoms. The first-order valence-corrected chi connectivity index (χ1v) is 5.38. The lowest BCUT2D eigenvalue weighted by Crippen LogP contribution is -2.52. The zero-order chi connectivity index (χ0) is 13.6. The topological polar surface area (TPSA) is 133 Å². The van der Waals surface area contributed by atoms with Gasteiger partial charge in [-0.3, -0.25) is 9.59 Å². The van der Waals surface area contributed by atoms with Gasteiger partial charge in [-0.15, -0.1) is 0 Å². The van der Waals surface area contributed by atoms with E-state index in [2.05, 4.69) is 5.32 Å². The fourth-order valence-electron chi connectivity index (χ4n) is 1.33. The van der Waals surface area contributed by atoms with Crippen LogP contribution in [0.25, 0.3) is 0 Å². The second-order valence-corrected chi connectivity index (χ2v) is 4.36. The zero-order valence-electron chi connectivity index (χ0n) is 9.96. The molecule has 2 atom stereocenters. The van der Waals surface area contributed by atoms with Gasteiger partial charge in [0.25, 0.3) is 0 Å². The van der Waals surface area contributed by atoms with Gasteiger partial charge < -0.3 is 26.2 Å². The van der Waals surface area contributed by atoms with Crippen molar-refractivity contribution in [2.24, 2.45) is 11.7 Å². The van der Waals surface area contributed by atoms with Gasteiger partial charge in [0, 0.05) is 0 Å². The highest BCUT2D eigenvalue weighted by Crippen LogP contribution is 2.06. The van der Waals surface area contributed by atoms with Crippen molar-refractivity contribution in [2.45, 2.75) is 38.7 Å². The third-order valence-corrected chi connectivity index (χ3v) is 2.14. The molecule has 0 unspecified atom stereocenters. The van der Waals surface area contributed by atoms with Crippen LogP contribution in [0.3, 0.4) is 0 Å². The van der Waals surface area contributed by atoms with Crippen LogP contribution in [0.2, 0.25) is 0 Å². The molecule has 0 aromatic carbocycles. The molecule has 0 saturated carbocycles. The Morgan fingerprint density at radius 3 is 2.24 bits per heavy atom. The summed E-state index contributed by atoms with van der Waals surface area (Å²) < 4.78 is 0. The van der Waals surface area contributed by atoms with E-state index in [9.17, 15) is 9.59 Å². The molecule has 0 aliphatic heterocycles. The number of nitrogens with two attached hydrogens (primary N) is 1. The third-order valence-electron chi connectivity index (χ3n) is 2.14. The zero-order valence-corrected chi connectivity index (χ0v) is 9.96. The Morgan fingerprint density at radius 1 is 1.35 bits per heavy atom. The largest absolute Gasteiger partial charge is 0.481 e. The molecule has 0 aromatic heterocycles. The Bertz CT molecular complexity index is 272. The first-order chi connectivity index (χ1) is 7.73. The molecule has 7 nitrogen and oxygen atoms in total. The Kier molecular flexibility index (Phi) is 6.78. The van der Waals surface area contributed by atoms with Crippen LogP contribution in [0.15, 0.2) is 0 Å². The van der Waals surface area contributed by atoms with E-state index < -0.39 is 37.4 Å². The average Bonchev–Trinajstić information content (AvgIpc) is 2.14. The number of carbonyl (C=O) groups is 2. The maximum atomic E-state index is 11.5. The molecular weight excluding hydrogens is 227 g/mol. The van der Waals surface area contributed by atoms with Gasteiger partial charge in [0.2, 0.25) is 5.91 Å². The van der Waals surface area contributed by atoms with E-state index in [-0.39, 0.29) is 5.92 Å². The summed E-state index contributed by atoms with van der Waals surface area (Å²) in [6, 6.07) is -1.19. The number of rotatable bonds is 7. The molecule has 0 bridgehead atoms. The maximum absolute atomic E-state index is 11.5. The van der Waals surface area contributed by atoms with Gasteiger partial charge in [0.15, 0.2) is 0 Å². The highest BCUT2D eigenvalue weighted by Gasteiger charge is 2.28. The van der Waals surface area contributed by atoms with Gasteiger partial charge in [-0.05, 0) is 12.3 Å². The molecule has 98 valence electrons. The molecule has 8 heteroatoms. The Balaban J connectivity index is 4.34. The first kappa shape index (κ1) is 15.9. The van der Waals surface area contributed by atoms with Gasteiger partial charge in [0.05, 0.1) is 18.4 Å². The molecule has 0 aliphatic carbocycles. The summed E-state index contributed by atoms with van der Waals surface area (Å²) in [6.45, 7) is 3.72. The van der Waals surface area contributed by atoms with Crippen LogP contribution in [0.5, 0.6) is 0 Å². The highest BCUT2D eigenvalue weighted by atomic mass is 16.4. The van der Waals surface area contributed by atoms with Crippen molar-refractivity contribution in [2.75, 3.05) is 0 Å². The molecular formula is C9H19BN2O5. The van der Waals surface area contributed by atoms with Gasteiger partial charge in [-0.25, -0.2) is 0 Å². The van der Waals surface area contributed by atoms with E-state index in [0.717, 1.165) is 0 Å². The van der Waals surface area contributed by atoms with Crippen molar-refractivity contribution in [3.63, 3.8) is 0 Å². The summed E-state index contributed by atoms with van der Waals surface area (Å²) >= 11 is 0. The summed E-state index contributed by atoms with van der Waals surface area (Å²) in [5.74, 6) is -2.58. The number of hydrogen-bond acceptors (Lipinski definition) is 5. The molecule has 0 radical (unpaired) electrons. The molecule has 0 aliphatic rings. The number of nitrogens with one attached hydrogen (secondary N) is 1. The van der Waals surface area contributed by atoms with Crippen molar-refractivity contribution in [3.05, 3.63) is 0 Å². The lowest BCUT2D eigenvalue weighted by atomic mass is 9.75. The van der Waals surface area contributed by atoms with Crippen LogP contribution >= 0.6 is 0 Å².